The lowest BCUT2D eigenvalue weighted by molar-refractivity contribution is 0.271. The van der Waals surface area contributed by atoms with E-state index in [-0.39, 0.29) is 0 Å². The second-order valence-electron chi connectivity index (χ2n) is 5.50. The largest absolute Gasteiger partial charge is 0.493 e. The molecule has 1 heterocycles. The average molecular weight is 265 g/mol. The summed E-state index contributed by atoms with van der Waals surface area (Å²) in [6.07, 6.45) is 0. The molecule has 3 rings (SSSR count). The Bertz CT molecular complexity index is 662. The van der Waals surface area contributed by atoms with Crippen LogP contribution in [0.3, 0.4) is 0 Å². The first-order chi connectivity index (χ1) is 9.72. The maximum atomic E-state index is 5.71. The smallest absolute Gasteiger partial charge is 0.119 e. The Labute approximate surface area is 119 Å². The van der Waals surface area contributed by atoms with Crippen LogP contribution in [0.25, 0.3) is 22.2 Å². The number of H-pyrrole nitrogens is 1. The molecular formula is C18H19NO. The summed E-state index contributed by atoms with van der Waals surface area (Å²) in [6, 6.07) is 18.8. The number of ether oxygens (including phenoxy) is 1. The van der Waals surface area contributed by atoms with Crippen LogP contribution < -0.4 is 4.74 Å². The molecule has 0 atom stereocenters. The van der Waals surface area contributed by atoms with Crippen LogP contribution in [0.4, 0.5) is 0 Å². The predicted octanol–water partition coefficient (Wildman–Crippen LogP) is 4.87. The Balaban J connectivity index is 1.83. The van der Waals surface area contributed by atoms with E-state index in [1.54, 1.807) is 0 Å². The monoisotopic (exact) mass is 265 g/mol. The van der Waals surface area contributed by atoms with Crippen molar-refractivity contribution in [1.29, 1.82) is 0 Å². The average Bonchev–Trinajstić information content (AvgIpc) is 2.89. The lowest BCUT2D eigenvalue weighted by atomic mass is 10.1. The van der Waals surface area contributed by atoms with Gasteiger partial charge in [-0.2, -0.15) is 0 Å². The van der Waals surface area contributed by atoms with Crippen molar-refractivity contribution < 1.29 is 4.74 Å². The molecule has 2 heteroatoms. The normalized spacial score (nSPS) is 11.2. The number of aromatic nitrogens is 1. The van der Waals surface area contributed by atoms with Gasteiger partial charge >= 0.3 is 0 Å². The third-order valence-corrected chi connectivity index (χ3v) is 3.28. The fraction of sp³-hybridized carbons (Fsp3) is 0.222. The molecule has 0 bridgehead atoms. The third kappa shape index (κ3) is 2.69. The van der Waals surface area contributed by atoms with E-state index in [0.29, 0.717) is 5.92 Å². The zero-order chi connectivity index (χ0) is 13.9. The van der Waals surface area contributed by atoms with Gasteiger partial charge in [-0.1, -0.05) is 32.0 Å². The summed E-state index contributed by atoms with van der Waals surface area (Å²) in [6.45, 7) is 5.06. The summed E-state index contributed by atoms with van der Waals surface area (Å²) in [7, 11) is 0. The van der Waals surface area contributed by atoms with Crippen molar-refractivity contribution in [3.05, 3.63) is 54.6 Å². The molecule has 0 radical (unpaired) electrons. The SMILES string of the molecule is CC(C)COc1ccc(-c2cc3ccccc3[nH]2)cc1. The molecule has 2 aromatic carbocycles. The highest BCUT2D eigenvalue weighted by atomic mass is 16.5. The third-order valence-electron chi connectivity index (χ3n) is 3.28. The summed E-state index contributed by atoms with van der Waals surface area (Å²) >= 11 is 0. The Morgan fingerprint density at radius 3 is 2.45 bits per heavy atom. The van der Waals surface area contributed by atoms with Crippen LogP contribution in [0, 0.1) is 5.92 Å². The van der Waals surface area contributed by atoms with Crippen molar-refractivity contribution in [3.63, 3.8) is 0 Å². The van der Waals surface area contributed by atoms with E-state index in [0.717, 1.165) is 18.1 Å². The molecule has 1 aromatic heterocycles. The fourth-order valence-electron chi connectivity index (χ4n) is 2.22. The Morgan fingerprint density at radius 2 is 1.75 bits per heavy atom. The number of hydrogen-bond donors (Lipinski definition) is 1. The maximum absolute atomic E-state index is 5.71. The standard InChI is InChI=1S/C18H19NO/c1-13(2)12-20-16-9-7-14(8-10-16)18-11-15-5-3-4-6-17(15)19-18/h3-11,13,19H,12H2,1-2H3. The number of fused-ring (bicyclic) bond motifs is 1. The molecule has 0 unspecified atom stereocenters. The van der Waals surface area contributed by atoms with Crippen LogP contribution in [0.15, 0.2) is 54.6 Å². The lowest BCUT2D eigenvalue weighted by Crippen LogP contribution is -2.04. The molecule has 0 saturated carbocycles. The van der Waals surface area contributed by atoms with Crippen molar-refractivity contribution in [2.75, 3.05) is 6.61 Å². The first kappa shape index (κ1) is 12.8. The van der Waals surface area contributed by atoms with E-state index in [1.165, 1.54) is 16.5 Å². The molecular weight excluding hydrogens is 246 g/mol. The van der Waals surface area contributed by atoms with Crippen molar-refractivity contribution in [2.24, 2.45) is 5.92 Å². The van der Waals surface area contributed by atoms with E-state index in [1.807, 2.05) is 18.2 Å². The molecule has 0 fully saturated rings. The van der Waals surface area contributed by atoms with Gasteiger partial charge in [-0.05, 0) is 47.9 Å². The van der Waals surface area contributed by atoms with Gasteiger partial charge in [-0.3, -0.25) is 0 Å². The number of para-hydroxylation sites is 1. The van der Waals surface area contributed by atoms with Crippen LogP contribution in [0.5, 0.6) is 5.75 Å². The van der Waals surface area contributed by atoms with Gasteiger partial charge in [0.1, 0.15) is 5.75 Å². The Morgan fingerprint density at radius 1 is 1.00 bits per heavy atom. The summed E-state index contributed by atoms with van der Waals surface area (Å²) in [5.74, 6) is 1.47. The summed E-state index contributed by atoms with van der Waals surface area (Å²) in [5.41, 5.74) is 3.49. The van der Waals surface area contributed by atoms with Gasteiger partial charge in [-0.15, -0.1) is 0 Å². The van der Waals surface area contributed by atoms with Gasteiger partial charge in [0.25, 0.3) is 0 Å². The van der Waals surface area contributed by atoms with E-state index in [4.69, 9.17) is 4.74 Å². The van der Waals surface area contributed by atoms with Gasteiger partial charge < -0.3 is 9.72 Å². The van der Waals surface area contributed by atoms with Crippen LogP contribution in [-0.2, 0) is 0 Å². The molecule has 0 aliphatic heterocycles. The Hall–Kier alpha value is -2.22. The molecule has 1 N–H and O–H groups in total. The number of benzene rings is 2. The molecule has 20 heavy (non-hydrogen) atoms. The van der Waals surface area contributed by atoms with Crippen molar-refractivity contribution >= 4 is 10.9 Å². The van der Waals surface area contributed by atoms with E-state index >= 15 is 0 Å². The molecule has 0 aliphatic carbocycles. The van der Waals surface area contributed by atoms with Gasteiger partial charge in [0.05, 0.1) is 6.61 Å². The van der Waals surface area contributed by atoms with Gasteiger partial charge in [0, 0.05) is 16.6 Å². The quantitative estimate of drug-likeness (QED) is 0.715. The predicted molar refractivity (Wildman–Crippen MR) is 84.1 cm³/mol. The van der Waals surface area contributed by atoms with Gasteiger partial charge in [-0.25, -0.2) is 0 Å². The van der Waals surface area contributed by atoms with E-state index in [2.05, 4.69) is 55.2 Å². The highest BCUT2D eigenvalue weighted by Gasteiger charge is 2.03. The summed E-state index contributed by atoms with van der Waals surface area (Å²) < 4.78 is 5.71. The second kappa shape index (κ2) is 5.41. The van der Waals surface area contributed by atoms with Crippen LogP contribution in [0.2, 0.25) is 0 Å². The highest BCUT2D eigenvalue weighted by Crippen LogP contribution is 2.25. The molecule has 3 aromatic rings. The van der Waals surface area contributed by atoms with E-state index < -0.39 is 0 Å². The summed E-state index contributed by atoms with van der Waals surface area (Å²) in [4.78, 5) is 3.44. The van der Waals surface area contributed by atoms with Gasteiger partial charge in [0.15, 0.2) is 0 Å². The molecule has 0 spiro atoms. The zero-order valence-electron chi connectivity index (χ0n) is 11.9. The maximum Gasteiger partial charge on any atom is 0.119 e. The van der Waals surface area contributed by atoms with Gasteiger partial charge in [0.2, 0.25) is 0 Å². The lowest BCUT2D eigenvalue weighted by Gasteiger charge is -2.08. The molecule has 0 aliphatic rings. The highest BCUT2D eigenvalue weighted by molar-refractivity contribution is 5.85. The van der Waals surface area contributed by atoms with Crippen molar-refractivity contribution in [3.8, 4) is 17.0 Å². The number of rotatable bonds is 4. The molecule has 0 saturated heterocycles. The van der Waals surface area contributed by atoms with E-state index in [9.17, 15) is 0 Å². The number of hydrogen-bond acceptors (Lipinski definition) is 1. The Kier molecular flexibility index (Phi) is 3.46. The minimum Gasteiger partial charge on any atom is -0.493 e. The topological polar surface area (TPSA) is 25.0 Å². The molecule has 102 valence electrons. The molecule has 0 amide bonds. The van der Waals surface area contributed by atoms with Crippen molar-refractivity contribution in [2.45, 2.75) is 13.8 Å². The summed E-state index contributed by atoms with van der Waals surface area (Å²) in [5, 5.41) is 1.24. The van der Waals surface area contributed by atoms with Crippen LogP contribution in [0.1, 0.15) is 13.8 Å². The fourth-order valence-corrected chi connectivity index (χ4v) is 2.22. The minimum atomic E-state index is 0.545. The minimum absolute atomic E-state index is 0.545. The first-order valence-corrected chi connectivity index (χ1v) is 7.03. The zero-order valence-corrected chi connectivity index (χ0v) is 11.9. The number of nitrogens with one attached hydrogen (secondary N) is 1. The second-order valence-corrected chi connectivity index (χ2v) is 5.50. The molecule has 2 nitrogen and oxygen atoms in total. The van der Waals surface area contributed by atoms with Crippen LogP contribution >= 0.6 is 0 Å². The number of aromatic amines is 1. The van der Waals surface area contributed by atoms with Crippen LogP contribution in [-0.4, -0.2) is 11.6 Å². The first-order valence-electron chi connectivity index (χ1n) is 7.03. The van der Waals surface area contributed by atoms with Crippen molar-refractivity contribution in [1.82, 2.24) is 4.98 Å².